The molecule has 0 aliphatic carbocycles. The lowest BCUT2D eigenvalue weighted by atomic mass is 9.85. The van der Waals surface area contributed by atoms with E-state index in [4.69, 9.17) is 5.73 Å². The lowest BCUT2D eigenvalue weighted by molar-refractivity contribution is -0.135. The summed E-state index contributed by atoms with van der Waals surface area (Å²) in [5, 5.41) is 8.23. The van der Waals surface area contributed by atoms with E-state index in [1.807, 2.05) is 20.8 Å². The van der Waals surface area contributed by atoms with E-state index in [0.717, 1.165) is 0 Å². The predicted octanol–water partition coefficient (Wildman–Crippen LogP) is 0.243. The third-order valence-corrected chi connectivity index (χ3v) is 3.57. The number of nitrogens with one attached hydrogen (secondary N) is 3. The van der Waals surface area contributed by atoms with Crippen LogP contribution in [0.25, 0.3) is 0 Å². The molecule has 3 amide bonds. The average molecular weight is 370 g/mol. The molecule has 0 aromatic heterocycles. The Morgan fingerprint density at radius 2 is 1.31 bits per heavy atom. The van der Waals surface area contributed by atoms with Crippen LogP contribution in [0.3, 0.4) is 0 Å². The molecule has 8 nitrogen and oxygen atoms in total. The Kier molecular flexibility index (Phi) is 8.43. The van der Waals surface area contributed by atoms with Crippen LogP contribution in [0.15, 0.2) is 0 Å². The van der Waals surface area contributed by atoms with Gasteiger partial charge in [0.1, 0.15) is 6.04 Å². The second-order valence-corrected chi connectivity index (χ2v) is 8.69. The van der Waals surface area contributed by atoms with Crippen molar-refractivity contribution in [2.75, 3.05) is 0 Å². The van der Waals surface area contributed by atoms with Crippen LogP contribution in [-0.4, -0.2) is 47.2 Å². The molecule has 5 N–H and O–H groups in total. The number of nitrogens with two attached hydrogens (primary N) is 1. The molecule has 0 aromatic rings. The van der Waals surface area contributed by atoms with E-state index in [1.54, 1.807) is 27.7 Å². The highest BCUT2D eigenvalue weighted by molar-refractivity contribution is 5.97. The Morgan fingerprint density at radius 3 is 1.69 bits per heavy atom. The molecule has 0 unspecified atom stereocenters. The summed E-state index contributed by atoms with van der Waals surface area (Å²) in [6.45, 7) is 14.1. The first-order chi connectivity index (χ1) is 11.5. The first kappa shape index (κ1) is 24.0. The quantitative estimate of drug-likeness (QED) is 0.486. The summed E-state index contributed by atoms with van der Waals surface area (Å²) < 4.78 is 0. The summed E-state index contributed by atoms with van der Waals surface area (Å²) in [4.78, 5) is 48.2. The van der Waals surface area contributed by atoms with Crippen molar-refractivity contribution in [2.45, 2.75) is 85.5 Å². The van der Waals surface area contributed by atoms with Crippen LogP contribution in [0.4, 0.5) is 0 Å². The van der Waals surface area contributed by atoms with Gasteiger partial charge in [0.15, 0.2) is 5.78 Å². The average Bonchev–Trinajstić information content (AvgIpc) is 2.42. The summed E-state index contributed by atoms with van der Waals surface area (Å²) in [5.41, 5.74) is 4.18. The lowest BCUT2D eigenvalue weighted by Gasteiger charge is -2.28. The van der Waals surface area contributed by atoms with Gasteiger partial charge in [0.05, 0.1) is 18.5 Å². The summed E-state index contributed by atoms with van der Waals surface area (Å²) in [6.07, 6.45) is -0.287. The molecule has 0 aliphatic heterocycles. The topological polar surface area (TPSA) is 130 Å². The monoisotopic (exact) mass is 370 g/mol. The van der Waals surface area contributed by atoms with Gasteiger partial charge in [0.2, 0.25) is 17.7 Å². The highest BCUT2D eigenvalue weighted by Crippen LogP contribution is 2.18. The number of Topliss-reactive ketones (excluding diaryl/α,β-unsaturated/α-hetero) is 1. The van der Waals surface area contributed by atoms with Crippen molar-refractivity contribution in [1.82, 2.24) is 16.0 Å². The molecule has 3 atom stereocenters. The molecular weight excluding hydrogens is 336 g/mol. The van der Waals surface area contributed by atoms with E-state index >= 15 is 0 Å². The molecule has 0 bridgehead atoms. The van der Waals surface area contributed by atoms with Crippen LogP contribution < -0.4 is 21.7 Å². The maximum absolute atomic E-state index is 12.4. The molecule has 0 fully saturated rings. The van der Waals surface area contributed by atoms with Gasteiger partial charge in [-0.3, -0.25) is 19.2 Å². The first-order valence-corrected chi connectivity index (χ1v) is 8.75. The smallest absolute Gasteiger partial charge is 0.242 e. The van der Waals surface area contributed by atoms with Crippen molar-refractivity contribution in [1.29, 1.82) is 0 Å². The fourth-order valence-corrected chi connectivity index (χ4v) is 2.35. The SMILES string of the molecule is C[C@H](NC(=O)[C@H](C)NC(C)(C)C)C(=O)N[C@@H](CC(N)=O)C(=O)C(C)(C)C. The number of amides is 3. The zero-order chi connectivity index (χ0) is 20.9. The minimum atomic E-state index is -1.02. The number of carbonyl (C=O) groups is 4. The van der Waals surface area contributed by atoms with Gasteiger partial charge in [0, 0.05) is 11.0 Å². The summed E-state index contributed by atoms with van der Waals surface area (Å²) in [7, 11) is 0. The van der Waals surface area contributed by atoms with E-state index in [1.165, 1.54) is 6.92 Å². The van der Waals surface area contributed by atoms with Crippen molar-refractivity contribution >= 4 is 23.5 Å². The number of rotatable bonds is 8. The highest BCUT2D eigenvalue weighted by atomic mass is 16.2. The highest BCUT2D eigenvalue weighted by Gasteiger charge is 2.33. The van der Waals surface area contributed by atoms with Crippen molar-refractivity contribution in [3.05, 3.63) is 0 Å². The molecule has 150 valence electrons. The van der Waals surface area contributed by atoms with E-state index in [0.29, 0.717) is 0 Å². The maximum Gasteiger partial charge on any atom is 0.242 e. The van der Waals surface area contributed by atoms with E-state index in [9.17, 15) is 19.2 Å². The third-order valence-electron chi connectivity index (χ3n) is 3.57. The van der Waals surface area contributed by atoms with E-state index in [-0.39, 0.29) is 23.7 Å². The molecular formula is C18H34N4O4. The van der Waals surface area contributed by atoms with Gasteiger partial charge in [-0.2, -0.15) is 0 Å². The third kappa shape index (κ3) is 8.94. The standard InChI is InChI=1S/C18H34N4O4/c1-10(20-16(26)11(2)22-18(6,7)8)15(25)21-12(9-13(19)23)14(24)17(3,4)5/h10-12,22H,9H2,1-8H3,(H2,19,23)(H,20,26)(H,21,25)/t10-,11-,12-/m0/s1. The van der Waals surface area contributed by atoms with Crippen LogP contribution in [0, 0.1) is 5.41 Å². The van der Waals surface area contributed by atoms with Crippen molar-refractivity contribution < 1.29 is 19.2 Å². The number of primary amides is 1. The van der Waals surface area contributed by atoms with Gasteiger partial charge in [-0.15, -0.1) is 0 Å². The number of carbonyl (C=O) groups excluding carboxylic acids is 4. The van der Waals surface area contributed by atoms with Gasteiger partial charge in [-0.05, 0) is 34.6 Å². The maximum atomic E-state index is 12.4. The second kappa shape index (κ2) is 9.12. The Hall–Kier alpha value is -1.96. The molecule has 0 rings (SSSR count). The minimum Gasteiger partial charge on any atom is -0.370 e. The molecule has 26 heavy (non-hydrogen) atoms. The van der Waals surface area contributed by atoms with Gasteiger partial charge < -0.3 is 21.7 Å². The lowest BCUT2D eigenvalue weighted by Crippen LogP contribution is -2.56. The molecule has 0 saturated heterocycles. The summed E-state index contributed by atoms with van der Waals surface area (Å²) in [6, 6.07) is -2.39. The van der Waals surface area contributed by atoms with Crippen molar-refractivity contribution in [3.63, 3.8) is 0 Å². The normalized spacial score (nSPS) is 15.5. The minimum absolute atomic E-state index is 0.256. The zero-order valence-electron chi connectivity index (χ0n) is 17.1. The van der Waals surface area contributed by atoms with Gasteiger partial charge in [0.25, 0.3) is 0 Å². The Bertz CT molecular complexity index is 546. The molecule has 0 saturated carbocycles. The molecule has 8 heteroatoms. The number of hydrogen-bond acceptors (Lipinski definition) is 5. The molecule has 0 aromatic carbocycles. The number of ketones is 1. The van der Waals surface area contributed by atoms with Crippen LogP contribution in [0.1, 0.15) is 61.8 Å². The molecule has 0 heterocycles. The Morgan fingerprint density at radius 1 is 0.846 bits per heavy atom. The fourth-order valence-electron chi connectivity index (χ4n) is 2.35. The molecule has 0 aliphatic rings. The molecule has 0 radical (unpaired) electrons. The van der Waals surface area contributed by atoms with Crippen LogP contribution in [0.2, 0.25) is 0 Å². The van der Waals surface area contributed by atoms with Crippen molar-refractivity contribution in [3.8, 4) is 0 Å². The Balaban J connectivity index is 4.95. The summed E-state index contributed by atoms with van der Waals surface area (Å²) >= 11 is 0. The van der Waals surface area contributed by atoms with Crippen LogP contribution >= 0.6 is 0 Å². The Labute approximate surface area is 156 Å². The zero-order valence-corrected chi connectivity index (χ0v) is 17.1. The van der Waals surface area contributed by atoms with E-state index < -0.39 is 35.4 Å². The van der Waals surface area contributed by atoms with Crippen LogP contribution in [0.5, 0.6) is 0 Å². The second-order valence-electron chi connectivity index (χ2n) is 8.69. The van der Waals surface area contributed by atoms with Gasteiger partial charge in [-0.25, -0.2) is 0 Å². The van der Waals surface area contributed by atoms with E-state index in [2.05, 4.69) is 16.0 Å². The fraction of sp³-hybridized carbons (Fsp3) is 0.778. The number of hydrogen-bond donors (Lipinski definition) is 4. The molecule has 0 spiro atoms. The van der Waals surface area contributed by atoms with Gasteiger partial charge >= 0.3 is 0 Å². The van der Waals surface area contributed by atoms with Gasteiger partial charge in [-0.1, -0.05) is 20.8 Å². The predicted molar refractivity (Wildman–Crippen MR) is 100 cm³/mol. The summed E-state index contributed by atoms with van der Waals surface area (Å²) in [5.74, 6) is -1.88. The van der Waals surface area contributed by atoms with Crippen molar-refractivity contribution in [2.24, 2.45) is 11.1 Å². The van der Waals surface area contributed by atoms with Crippen LogP contribution in [-0.2, 0) is 19.2 Å². The largest absolute Gasteiger partial charge is 0.370 e. The first-order valence-electron chi connectivity index (χ1n) is 8.75.